The van der Waals surface area contributed by atoms with E-state index in [1.807, 2.05) is 32.3 Å². The molecular weight excluding hydrogens is 330 g/mol. The molecule has 0 saturated heterocycles. The molecule has 0 aliphatic rings. The molecule has 4 rings (SSSR count). The monoisotopic (exact) mass is 347 g/mol. The van der Waals surface area contributed by atoms with E-state index in [2.05, 4.69) is 30.4 Å². The summed E-state index contributed by atoms with van der Waals surface area (Å²) in [5, 5.41) is 8.26. The highest BCUT2D eigenvalue weighted by molar-refractivity contribution is 5.90. The summed E-state index contributed by atoms with van der Waals surface area (Å²) in [6.45, 7) is 2.28. The summed E-state index contributed by atoms with van der Waals surface area (Å²) in [6.07, 6.45) is 10.6. The van der Waals surface area contributed by atoms with E-state index in [1.165, 1.54) is 0 Å². The number of rotatable bonds is 5. The van der Waals surface area contributed by atoms with Crippen molar-refractivity contribution < 1.29 is 4.74 Å². The number of anilines is 2. The van der Waals surface area contributed by atoms with Crippen LogP contribution in [0.25, 0.3) is 10.9 Å². The Bertz CT molecular complexity index is 1040. The standard InChI is InChI=1S/C18H17N7O/c1-12-20-7-15(8-21-12)24-18-17-14(3-4-19-18)5-16(9-22-17)26-11-13-6-23-25(2)10-13/h3-10H,11H2,1-2H3,(H,19,24). The average Bonchev–Trinajstić information content (AvgIpc) is 3.07. The molecule has 4 heterocycles. The summed E-state index contributed by atoms with van der Waals surface area (Å²) in [4.78, 5) is 17.2. The van der Waals surface area contributed by atoms with E-state index in [0.717, 1.165) is 28.0 Å². The molecule has 0 spiro atoms. The minimum Gasteiger partial charge on any atom is -0.487 e. The predicted octanol–water partition coefficient (Wildman–Crippen LogP) is 2.78. The van der Waals surface area contributed by atoms with Crippen molar-refractivity contribution in [2.75, 3.05) is 5.32 Å². The second-order valence-corrected chi connectivity index (χ2v) is 5.86. The number of aryl methyl sites for hydroxylation is 2. The van der Waals surface area contributed by atoms with Crippen molar-refractivity contribution in [3.8, 4) is 5.75 Å². The molecule has 0 fully saturated rings. The van der Waals surface area contributed by atoms with Crippen LogP contribution in [0.15, 0.2) is 49.3 Å². The van der Waals surface area contributed by atoms with E-state index < -0.39 is 0 Å². The van der Waals surface area contributed by atoms with Crippen molar-refractivity contribution in [3.05, 3.63) is 60.7 Å². The van der Waals surface area contributed by atoms with Crippen molar-refractivity contribution in [2.24, 2.45) is 7.05 Å². The van der Waals surface area contributed by atoms with E-state index in [4.69, 9.17) is 4.74 Å². The van der Waals surface area contributed by atoms with Crippen LogP contribution in [0.5, 0.6) is 5.75 Å². The predicted molar refractivity (Wildman–Crippen MR) is 97.1 cm³/mol. The van der Waals surface area contributed by atoms with E-state index >= 15 is 0 Å². The maximum absolute atomic E-state index is 5.81. The quantitative estimate of drug-likeness (QED) is 0.593. The van der Waals surface area contributed by atoms with Gasteiger partial charge in [0, 0.05) is 30.4 Å². The van der Waals surface area contributed by atoms with Crippen LogP contribution in [0.2, 0.25) is 0 Å². The van der Waals surface area contributed by atoms with Gasteiger partial charge in [-0.2, -0.15) is 5.10 Å². The number of aromatic nitrogens is 6. The first-order valence-corrected chi connectivity index (χ1v) is 8.08. The van der Waals surface area contributed by atoms with E-state index in [0.29, 0.717) is 18.2 Å². The number of hydrogen-bond donors (Lipinski definition) is 1. The highest BCUT2D eigenvalue weighted by Crippen LogP contribution is 2.25. The summed E-state index contributed by atoms with van der Waals surface area (Å²) in [5.41, 5.74) is 2.51. The lowest BCUT2D eigenvalue weighted by Crippen LogP contribution is -1.99. The Morgan fingerprint density at radius 1 is 1.08 bits per heavy atom. The first-order valence-electron chi connectivity index (χ1n) is 8.08. The maximum atomic E-state index is 5.81. The van der Waals surface area contributed by atoms with Crippen molar-refractivity contribution >= 4 is 22.4 Å². The van der Waals surface area contributed by atoms with Crippen LogP contribution in [0, 0.1) is 6.92 Å². The molecule has 0 radical (unpaired) electrons. The van der Waals surface area contributed by atoms with Crippen LogP contribution < -0.4 is 10.1 Å². The van der Waals surface area contributed by atoms with Gasteiger partial charge in [-0.25, -0.2) is 19.9 Å². The Labute approximate surface area is 149 Å². The minimum absolute atomic E-state index is 0.442. The van der Waals surface area contributed by atoms with Gasteiger partial charge in [0.25, 0.3) is 0 Å². The normalized spacial score (nSPS) is 10.8. The van der Waals surface area contributed by atoms with E-state index in [1.54, 1.807) is 35.7 Å². The van der Waals surface area contributed by atoms with Crippen LogP contribution in [0.1, 0.15) is 11.4 Å². The lowest BCUT2D eigenvalue weighted by Gasteiger charge is -2.09. The van der Waals surface area contributed by atoms with Crippen molar-refractivity contribution in [2.45, 2.75) is 13.5 Å². The zero-order valence-corrected chi connectivity index (χ0v) is 14.4. The third kappa shape index (κ3) is 3.44. The summed E-state index contributed by atoms with van der Waals surface area (Å²) in [7, 11) is 1.88. The zero-order chi connectivity index (χ0) is 17.9. The molecule has 0 bridgehead atoms. The molecule has 0 aliphatic carbocycles. The van der Waals surface area contributed by atoms with Gasteiger partial charge in [0.15, 0.2) is 5.82 Å². The van der Waals surface area contributed by atoms with Gasteiger partial charge in [0.05, 0.1) is 30.5 Å². The van der Waals surface area contributed by atoms with E-state index in [9.17, 15) is 0 Å². The SMILES string of the molecule is Cc1ncc(Nc2nccc3cc(OCc4cnn(C)c4)cnc23)cn1. The topological polar surface area (TPSA) is 90.6 Å². The van der Waals surface area contributed by atoms with E-state index in [-0.39, 0.29) is 0 Å². The number of ether oxygens (including phenoxy) is 1. The molecule has 26 heavy (non-hydrogen) atoms. The van der Waals surface area contributed by atoms with Crippen LogP contribution in [0.4, 0.5) is 11.5 Å². The Morgan fingerprint density at radius 2 is 1.92 bits per heavy atom. The Kier molecular flexibility index (Phi) is 4.14. The molecule has 4 aromatic heterocycles. The third-order valence-electron chi connectivity index (χ3n) is 3.78. The molecular formula is C18H17N7O. The summed E-state index contributed by atoms with van der Waals surface area (Å²) in [5.74, 6) is 2.06. The van der Waals surface area contributed by atoms with Gasteiger partial charge in [-0.1, -0.05) is 0 Å². The summed E-state index contributed by atoms with van der Waals surface area (Å²) in [6, 6.07) is 3.84. The maximum Gasteiger partial charge on any atom is 0.157 e. The summed E-state index contributed by atoms with van der Waals surface area (Å²) >= 11 is 0. The molecule has 1 N–H and O–H groups in total. The van der Waals surface area contributed by atoms with Crippen LogP contribution in [-0.2, 0) is 13.7 Å². The fraction of sp³-hybridized carbons (Fsp3) is 0.167. The van der Waals surface area contributed by atoms with Crippen molar-refractivity contribution in [3.63, 3.8) is 0 Å². The third-order valence-corrected chi connectivity index (χ3v) is 3.78. The number of nitrogens with zero attached hydrogens (tertiary/aromatic N) is 6. The lowest BCUT2D eigenvalue weighted by molar-refractivity contribution is 0.305. The molecule has 8 heteroatoms. The van der Waals surface area contributed by atoms with Crippen molar-refractivity contribution in [1.82, 2.24) is 29.7 Å². The Hall–Kier alpha value is -3.55. The highest BCUT2D eigenvalue weighted by atomic mass is 16.5. The van der Waals surface area contributed by atoms with Crippen LogP contribution >= 0.6 is 0 Å². The summed E-state index contributed by atoms with van der Waals surface area (Å²) < 4.78 is 7.55. The smallest absolute Gasteiger partial charge is 0.157 e. The first kappa shape index (κ1) is 15.9. The minimum atomic E-state index is 0.442. The molecule has 0 aromatic carbocycles. The molecule has 0 saturated carbocycles. The number of pyridine rings is 2. The number of hydrogen-bond acceptors (Lipinski definition) is 7. The number of fused-ring (bicyclic) bond motifs is 1. The molecule has 8 nitrogen and oxygen atoms in total. The molecule has 0 unspecified atom stereocenters. The second kappa shape index (κ2) is 6.75. The van der Waals surface area contributed by atoms with Gasteiger partial charge < -0.3 is 10.1 Å². The molecule has 4 aromatic rings. The Morgan fingerprint density at radius 3 is 2.69 bits per heavy atom. The molecule has 0 aliphatic heterocycles. The van der Waals surface area contributed by atoms with Gasteiger partial charge in [-0.05, 0) is 19.1 Å². The van der Waals surface area contributed by atoms with Crippen LogP contribution in [-0.4, -0.2) is 29.7 Å². The van der Waals surface area contributed by atoms with Gasteiger partial charge in [-0.15, -0.1) is 0 Å². The number of nitrogens with one attached hydrogen (secondary N) is 1. The second-order valence-electron chi connectivity index (χ2n) is 5.86. The van der Waals surface area contributed by atoms with Crippen molar-refractivity contribution in [1.29, 1.82) is 0 Å². The highest BCUT2D eigenvalue weighted by Gasteiger charge is 2.07. The first-order chi connectivity index (χ1) is 12.7. The zero-order valence-electron chi connectivity index (χ0n) is 14.4. The molecule has 0 atom stereocenters. The van der Waals surface area contributed by atoms with Crippen LogP contribution in [0.3, 0.4) is 0 Å². The molecule has 0 amide bonds. The molecule has 130 valence electrons. The fourth-order valence-electron chi connectivity index (χ4n) is 2.52. The largest absolute Gasteiger partial charge is 0.487 e. The van der Waals surface area contributed by atoms with Gasteiger partial charge >= 0.3 is 0 Å². The lowest BCUT2D eigenvalue weighted by atomic mass is 10.2. The van der Waals surface area contributed by atoms with Gasteiger partial charge in [0.1, 0.15) is 23.7 Å². The average molecular weight is 347 g/mol. The fourth-order valence-corrected chi connectivity index (χ4v) is 2.52. The van der Waals surface area contributed by atoms with Gasteiger partial charge in [0.2, 0.25) is 0 Å². The Balaban J connectivity index is 1.56. The van der Waals surface area contributed by atoms with Gasteiger partial charge in [-0.3, -0.25) is 4.68 Å².